The van der Waals surface area contributed by atoms with Crippen LogP contribution in [-0.2, 0) is 4.79 Å². The maximum atomic E-state index is 11.5. The highest BCUT2D eigenvalue weighted by atomic mass is 16.6. The molecule has 2 aromatic rings. The SMILES string of the molecule is CCCNC(=O)CCNc1cc(C#N)c2cc([N+](=O)[O-])ccc2n1. The minimum Gasteiger partial charge on any atom is -0.369 e. The first-order valence-corrected chi connectivity index (χ1v) is 7.55. The van der Waals surface area contributed by atoms with Gasteiger partial charge >= 0.3 is 0 Å². The van der Waals surface area contributed by atoms with Gasteiger partial charge in [0.05, 0.1) is 22.1 Å². The molecule has 0 unspecified atom stereocenters. The number of nitro benzene ring substituents is 1. The Kier molecular flexibility index (Phi) is 5.63. The summed E-state index contributed by atoms with van der Waals surface area (Å²) >= 11 is 0. The highest BCUT2D eigenvalue weighted by Crippen LogP contribution is 2.24. The van der Waals surface area contributed by atoms with Gasteiger partial charge in [0.2, 0.25) is 5.91 Å². The highest BCUT2D eigenvalue weighted by Gasteiger charge is 2.11. The van der Waals surface area contributed by atoms with Crippen LogP contribution in [0, 0.1) is 21.4 Å². The Morgan fingerprint density at radius 2 is 2.17 bits per heavy atom. The molecule has 1 aromatic carbocycles. The van der Waals surface area contributed by atoms with Crippen molar-refractivity contribution in [2.24, 2.45) is 0 Å². The van der Waals surface area contributed by atoms with E-state index in [9.17, 15) is 20.2 Å². The Bertz CT molecular complexity index is 813. The number of nitro groups is 1. The molecule has 8 heteroatoms. The van der Waals surface area contributed by atoms with E-state index in [1.807, 2.05) is 13.0 Å². The quantitative estimate of drug-likeness (QED) is 0.594. The van der Waals surface area contributed by atoms with Crippen LogP contribution in [0.15, 0.2) is 24.3 Å². The molecule has 8 nitrogen and oxygen atoms in total. The normalized spacial score (nSPS) is 10.2. The third-order valence-corrected chi connectivity index (χ3v) is 3.35. The van der Waals surface area contributed by atoms with Crippen LogP contribution in [-0.4, -0.2) is 28.9 Å². The van der Waals surface area contributed by atoms with Crippen LogP contribution < -0.4 is 10.6 Å². The number of nitriles is 1. The van der Waals surface area contributed by atoms with Crippen LogP contribution >= 0.6 is 0 Å². The first kappa shape index (κ1) is 17.1. The number of nitrogens with zero attached hydrogens (tertiary/aromatic N) is 3. The molecule has 0 bridgehead atoms. The second kappa shape index (κ2) is 7.87. The molecular weight excluding hydrogens is 310 g/mol. The molecule has 0 saturated heterocycles. The van der Waals surface area contributed by atoms with Crippen molar-refractivity contribution in [2.45, 2.75) is 19.8 Å². The highest BCUT2D eigenvalue weighted by molar-refractivity contribution is 5.88. The zero-order valence-electron chi connectivity index (χ0n) is 13.2. The molecular formula is C16H17N5O3. The van der Waals surface area contributed by atoms with Gasteiger partial charge in [0, 0.05) is 37.0 Å². The lowest BCUT2D eigenvalue weighted by atomic mass is 10.1. The van der Waals surface area contributed by atoms with E-state index < -0.39 is 4.92 Å². The Morgan fingerprint density at radius 1 is 1.38 bits per heavy atom. The van der Waals surface area contributed by atoms with Crippen LogP contribution in [0.5, 0.6) is 0 Å². The number of carbonyl (C=O) groups excluding carboxylic acids is 1. The summed E-state index contributed by atoms with van der Waals surface area (Å²) in [7, 11) is 0. The second-order valence-corrected chi connectivity index (χ2v) is 5.15. The number of carbonyl (C=O) groups is 1. The van der Waals surface area contributed by atoms with Crippen LogP contribution in [0.1, 0.15) is 25.3 Å². The summed E-state index contributed by atoms with van der Waals surface area (Å²) in [5, 5.41) is 26.3. The van der Waals surface area contributed by atoms with Crippen molar-refractivity contribution in [1.82, 2.24) is 10.3 Å². The summed E-state index contributed by atoms with van der Waals surface area (Å²) in [5.74, 6) is 0.400. The van der Waals surface area contributed by atoms with Gasteiger partial charge < -0.3 is 10.6 Å². The zero-order valence-corrected chi connectivity index (χ0v) is 13.2. The van der Waals surface area contributed by atoms with Gasteiger partial charge in [-0.05, 0) is 18.6 Å². The summed E-state index contributed by atoms with van der Waals surface area (Å²) in [6, 6.07) is 7.73. The number of fused-ring (bicyclic) bond motifs is 1. The number of benzene rings is 1. The van der Waals surface area contributed by atoms with E-state index in [2.05, 4.69) is 15.6 Å². The van der Waals surface area contributed by atoms with E-state index >= 15 is 0 Å². The average molecular weight is 327 g/mol. The van der Waals surface area contributed by atoms with Crippen molar-refractivity contribution in [2.75, 3.05) is 18.4 Å². The summed E-state index contributed by atoms with van der Waals surface area (Å²) in [6.07, 6.45) is 1.17. The van der Waals surface area contributed by atoms with E-state index in [0.29, 0.717) is 41.8 Å². The Morgan fingerprint density at radius 3 is 2.83 bits per heavy atom. The van der Waals surface area contributed by atoms with Gasteiger partial charge in [-0.2, -0.15) is 5.26 Å². The summed E-state index contributed by atoms with van der Waals surface area (Å²) in [6.45, 7) is 3.00. The van der Waals surface area contributed by atoms with Gasteiger partial charge in [-0.1, -0.05) is 6.92 Å². The van der Waals surface area contributed by atoms with Crippen LogP contribution in [0.4, 0.5) is 11.5 Å². The molecule has 0 aliphatic carbocycles. The molecule has 2 rings (SSSR count). The largest absolute Gasteiger partial charge is 0.369 e. The lowest BCUT2D eigenvalue weighted by molar-refractivity contribution is -0.384. The lowest BCUT2D eigenvalue weighted by Crippen LogP contribution is -2.25. The van der Waals surface area contributed by atoms with E-state index in [1.165, 1.54) is 24.3 Å². The van der Waals surface area contributed by atoms with Gasteiger partial charge in [0.1, 0.15) is 5.82 Å². The number of hydrogen-bond acceptors (Lipinski definition) is 6. The van der Waals surface area contributed by atoms with Gasteiger partial charge in [-0.25, -0.2) is 4.98 Å². The maximum absolute atomic E-state index is 11.5. The fourth-order valence-corrected chi connectivity index (χ4v) is 2.17. The number of pyridine rings is 1. The van der Waals surface area contributed by atoms with Crippen molar-refractivity contribution in [1.29, 1.82) is 5.26 Å². The minimum atomic E-state index is -0.512. The summed E-state index contributed by atoms with van der Waals surface area (Å²) in [4.78, 5) is 26.2. The third kappa shape index (κ3) is 4.16. The topological polar surface area (TPSA) is 121 Å². The van der Waals surface area contributed by atoms with Crippen molar-refractivity contribution in [3.05, 3.63) is 39.9 Å². The van der Waals surface area contributed by atoms with E-state index in [1.54, 1.807) is 0 Å². The Hall–Kier alpha value is -3.21. The molecule has 2 N–H and O–H groups in total. The molecule has 0 saturated carbocycles. The van der Waals surface area contributed by atoms with Crippen molar-refractivity contribution in [3.63, 3.8) is 0 Å². The van der Waals surface area contributed by atoms with Crippen LogP contribution in [0.25, 0.3) is 10.9 Å². The van der Waals surface area contributed by atoms with E-state index in [4.69, 9.17) is 0 Å². The number of nitrogens with one attached hydrogen (secondary N) is 2. The smallest absolute Gasteiger partial charge is 0.270 e. The number of aromatic nitrogens is 1. The monoisotopic (exact) mass is 327 g/mol. The first-order valence-electron chi connectivity index (χ1n) is 7.55. The molecule has 0 fully saturated rings. The van der Waals surface area contributed by atoms with Crippen molar-refractivity contribution < 1.29 is 9.72 Å². The molecule has 24 heavy (non-hydrogen) atoms. The first-order chi connectivity index (χ1) is 11.5. The maximum Gasteiger partial charge on any atom is 0.270 e. The fourth-order valence-electron chi connectivity index (χ4n) is 2.17. The van der Waals surface area contributed by atoms with Crippen LogP contribution in [0.3, 0.4) is 0 Å². The van der Waals surface area contributed by atoms with Gasteiger partial charge in [0.15, 0.2) is 0 Å². The average Bonchev–Trinajstić information content (AvgIpc) is 2.58. The Balaban J connectivity index is 2.15. The molecule has 0 spiro atoms. The van der Waals surface area contributed by atoms with Crippen LogP contribution in [0.2, 0.25) is 0 Å². The minimum absolute atomic E-state index is 0.0544. The van der Waals surface area contributed by atoms with Gasteiger partial charge in [-0.15, -0.1) is 0 Å². The molecule has 0 aliphatic rings. The fraction of sp³-hybridized carbons (Fsp3) is 0.312. The third-order valence-electron chi connectivity index (χ3n) is 3.35. The Labute approximate surface area is 138 Å². The summed E-state index contributed by atoms with van der Waals surface area (Å²) in [5.41, 5.74) is 0.688. The number of non-ortho nitro benzene ring substituents is 1. The van der Waals surface area contributed by atoms with E-state index in [0.717, 1.165) is 6.42 Å². The molecule has 1 aromatic heterocycles. The van der Waals surface area contributed by atoms with E-state index in [-0.39, 0.29) is 11.6 Å². The number of amides is 1. The predicted molar refractivity (Wildman–Crippen MR) is 89.5 cm³/mol. The molecule has 0 aliphatic heterocycles. The van der Waals surface area contributed by atoms with Crippen molar-refractivity contribution in [3.8, 4) is 6.07 Å². The van der Waals surface area contributed by atoms with Gasteiger partial charge in [0.25, 0.3) is 5.69 Å². The van der Waals surface area contributed by atoms with Gasteiger partial charge in [-0.3, -0.25) is 14.9 Å². The molecule has 0 atom stereocenters. The van der Waals surface area contributed by atoms with Crippen molar-refractivity contribution >= 4 is 28.3 Å². The predicted octanol–water partition coefficient (Wildman–Crippen LogP) is 2.34. The molecule has 124 valence electrons. The number of hydrogen-bond donors (Lipinski definition) is 2. The summed E-state index contributed by atoms with van der Waals surface area (Å²) < 4.78 is 0. The number of rotatable bonds is 7. The standard InChI is InChI=1S/C16H17N5O3/c1-2-6-19-16(22)5-7-18-15-8-11(10-17)13-9-12(21(23)24)3-4-14(13)20-15/h3-4,8-9H,2,5-7H2,1H3,(H,18,20)(H,19,22). The lowest BCUT2D eigenvalue weighted by Gasteiger charge is -2.08. The second-order valence-electron chi connectivity index (χ2n) is 5.15. The molecule has 1 heterocycles. The zero-order chi connectivity index (χ0) is 17.5. The molecule has 0 radical (unpaired) electrons. The molecule has 1 amide bonds. The number of anilines is 1.